The number of ether oxygens (including phenoxy) is 3. The van der Waals surface area contributed by atoms with Gasteiger partial charge in [0.25, 0.3) is 0 Å². The van der Waals surface area contributed by atoms with E-state index in [9.17, 15) is 0 Å². The van der Waals surface area contributed by atoms with Crippen LogP contribution in [0.15, 0.2) is 0 Å². The zero-order chi connectivity index (χ0) is 13.1. The first-order valence-corrected chi connectivity index (χ1v) is 8.23. The third-order valence-electron chi connectivity index (χ3n) is 3.20. The molecule has 4 nitrogen and oxygen atoms in total. The molecule has 17 heavy (non-hydrogen) atoms. The normalized spacial score (nSPS) is 13.1. The predicted molar refractivity (Wildman–Crippen MR) is 74.1 cm³/mol. The van der Waals surface area contributed by atoms with Crippen LogP contribution in [-0.2, 0) is 14.2 Å². The molecule has 0 radical (unpaired) electrons. The molecule has 0 aliphatic carbocycles. The molecule has 0 N–H and O–H groups in total. The van der Waals surface area contributed by atoms with E-state index in [2.05, 4.69) is 18.7 Å². The van der Waals surface area contributed by atoms with Gasteiger partial charge < -0.3 is 14.2 Å². The maximum absolute atomic E-state index is 5.63. The molecule has 0 aliphatic rings. The van der Waals surface area contributed by atoms with E-state index in [1.807, 2.05) is 6.92 Å². The van der Waals surface area contributed by atoms with Crippen LogP contribution in [0.3, 0.4) is 0 Å². The van der Waals surface area contributed by atoms with Crippen molar-refractivity contribution in [3.8, 4) is 0 Å². The van der Waals surface area contributed by atoms with Gasteiger partial charge in [-0.2, -0.15) is 0 Å². The summed E-state index contributed by atoms with van der Waals surface area (Å²) in [6, 6.07) is 1.19. The number of hydrogen-bond donors (Lipinski definition) is 0. The first-order chi connectivity index (χ1) is 8.11. The van der Waals surface area contributed by atoms with Crippen LogP contribution >= 0.6 is 0 Å². The molecule has 0 aliphatic heterocycles. The molecule has 0 bridgehead atoms. The van der Waals surface area contributed by atoms with Crippen molar-refractivity contribution in [1.29, 1.82) is 0 Å². The van der Waals surface area contributed by atoms with Crippen LogP contribution in [0.5, 0.6) is 0 Å². The molecule has 0 fully saturated rings. The topological polar surface area (TPSA) is 30.9 Å². The molecule has 0 heterocycles. The Bertz CT molecular complexity index is 173. The van der Waals surface area contributed by atoms with Gasteiger partial charge in [-0.25, -0.2) is 0 Å². The van der Waals surface area contributed by atoms with Crippen molar-refractivity contribution in [3.05, 3.63) is 0 Å². The quantitative estimate of drug-likeness (QED) is 0.319. The highest BCUT2D eigenvalue weighted by Gasteiger charge is 2.21. The van der Waals surface area contributed by atoms with E-state index in [0.717, 1.165) is 32.8 Å². The Hall–Kier alpha value is 0.0569. The molecule has 0 saturated heterocycles. The minimum atomic E-state index is -0.367. The van der Waals surface area contributed by atoms with E-state index in [1.165, 1.54) is 6.04 Å². The Morgan fingerprint density at radius 3 is 2.18 bits per heavy atom. The van der Waals surface area contributed by atoms with Gasteiger partial charge in [0.05, 0.1) is 16.3 Å². The average molecular weight is 263 g/mol. The molecular weight excluding hydrogens is 234 g/mol. The summed E-state index contributed by atoms with van der Waals surface area (Å²) in [5, 5.41) is 0. The lowest BCUT2D eigenvalue weighted by molar-refractivity contribution is -0.130. The van der Waals surface area contributed by atoms with Gasteiger partial charge in [-0.05, 0) is 26.4 Å². The second-order valence-corrected chi connectivity index (χ2v) is 6.83. The summed E-state index contributed by atoms with van der Waals surface area (Å²) >= 11 is 0. The van der Waals surface area contributed by atoms with Crippen LogP contribution in [0.2, 0.25) is 6.04 Å². The monoisotopic (exact) mass is 263 g/mol. The molecule has 0 saturated carbocycles. The zero-order valence-corrected chi connectivity index (χ0v) is 13.5. The Morgan fingerprint density at radius 2 is 1.71 bits per heavy atom. The van der Waals surface area contributed by atoms with E-state index < -0.39 is 0 Å². The molecule has 0 unspecified atom stereocenters. The molecule has 0 spiro atoms. The lowest BCUT2D eigenvalue weighted by atomic mass is 10.5. The summed E-state index contributed by atoms with van der Waals surface area (Å²) in [6.07, 6.45) is 1.11. The molecule has 0 aromatic carbocycles. The summed E-state index contributed by atoms with van der Waals surface area (Å²) in [6.45, 7) is 10.0. The summed E-state index contributed by atoms with van der Waals surface area (Å²) in [4.78, 5) is 2.27. The van der Waals surface area contributed by atoms with Crippen LogP contribution in [0, 0.1) is 0 Å². The van der Waals surface area contributed by atoms with Gasteiger partial charge in [0.15, 0.2) is 0 Å². The van der Waals surface area contributed by atoms with E-state index in [0.29, 0.717) is 0 Å². The minimum absolute atomic E-state index is 0.307. The van der Waals surface area contributed by atoms with Gasteiger partial charge in [0.1, 0.15) is 5.41 Å². The summed E-state index contributed by atoms with van der Waals surface area (Å²) in [5.74, 6) is 0. The SMILES string of the molecule is CCN(CC)COCCC[SiH2]C(C)(OC)OC. The van der Waals surface area contributed by atoms with E-state index in [1.54, 1.807) is 14.2 Å². The van der Waals surface area contributed by atoms with Crippen molar-refractivity contribution < 1.29 is 14.2 Å². The summed E-state index contributed by atoms with van der Waals surface area (Å²) < 4.78 is 16.3. The molecule has 0 aromatic heterocycles. The van der Waals surface area contributed by atoms with Crippen LogP contribution in [0.4, 0.5) is 0 Å². The van der Waals surface area contributed by atoms with E-state index in [-0.39, 0.29) is 14.9 Å². The smallest absolute Gasteiger partial charge is 0.141 e. The van der Waals surface area contributed by atoms with Gasteiger partial charge in [0, 0.05) is 20.8 Å². The Labute approximate surface area is 108 Å². The van der Waals surface area contributed by atoms with Crippen LogP contribution in [0.25, 0.3) is 0 Å². The first kappa shape index (κ1) is 17.1. The number of rotatable bonds is 11. The number of methoxy groups -OCH3 is 2. The Balaban J connectivity index is 3.46. The van der Waals surface area contributed by atoms with E-state index >= 15 is 0 Å². The van der Waals surface area contributed by atoms with Crippen LogP contribution in [0.1, 0.15) is 27.2 Å². The number of nitrogens with zero attached hydrogens (tertiary/aromatic N) is 1. The van der Waals surface area contributed by atoms with Crippen molar-refractivity contribution in [2.45, 2.75) is 38.6 Å². The summed E-state index contributed by atoms with van der Waals surface area (Å²) in [5.41, 5.74) is -0.307. The highest BCUT2D eigenvalue weighted by molar-refractivity contribution is 6.38. The molecule has 0 amide bonds. The third-order valence-corrected chi connectivity index (χ3v) is 5.54. The Morgan fingerprint density at radius 1 is 1.12 bits per heavy atom. The molecule has 104 valence electrons. The van der Waals surface area contributed by atoms with Crippen molar-refractivity contribution in [2.75, 3.05) is 40.6 Å². The van der Waals surface area contributed by atoms with Crippen molar-refractivity contribution in [2.24, 2.45) is 0 Å². The molecule has 5 heteroatoms. The van der Waals surface area contributed by atoms with Crippen molar-refractivity contribution >= 4 is 9.52 Å². The fraction of sp³-hybridized carbons (Fsp3) is 1.00. The van der Waals surface area contributed by atoms with Crippen molar-refractivity contribution in [3.63, 3.8) is 0 Å². The van der Waals surface area contributed by atoms with Crippen LogP contribution < -0.4 is 0 Å². The molecule has 0 rings (SSSR count). The van der Waals surface area contributed by atoms with Gasteiger partial charge >= 0.3 is 0 Å². The lowest BCUT2D eigenvalue weighted by Gasteiger charge is -2.26. The van der Waals surface area contributed by atoms with Gasteiger partial charge in [-0.3, -0.25) is 4.90 Å². The zero-order valence-electron chi connectivity index (χ0n) is 12.1. The standard InChI is InChI=1S/C12H29NO3Si/c1-6-13(7-2)11-16-9-8-10-17-12(3,14-4)15-5/h6-11,17H2,1-5H3. The van der Waals surface area contributed by atoms with Crippen molar-refractivity contribution in [1.82, 2.24) is 4.90 Å². The summed E-state index contributed by atoms with van der Waals surface area (Å²) in [7, 11) is 3.06. The maximum atomic E-state index is 5.63. The van der Waals surface area contributed by atoms with Gasteiger partial charge in [-0.15, -0.1) is 0 Å². The average Bonchev–Trinajstić information content (AvgIpc) is 2.37. The molecular formula is C12H29NO3Si. The van der Waals surface area contributed by atoms with Gasteiger partial charge in [0.2, 0.25) is 0 Å². The largest absolute Gasteiger partial charge is 0.366 e. The highest BCUT2D eigenvalue weighted by Crippen LogP contribution is 2.10. The fourth-order valence-corrected chi connectivity index (χ4v) is 3.04. The molecule has 0 aromatic rings. The first-order valence-electron chi connectivity index (χ1n) is 6.52. The van der Waals surface area contributed by atoms with E-state index in [4.69, 9.17) is 14.2 Å². The predicted octanol–water partition coefficient (Wildman–Crippen LogP) is 1.25. The Kier molecular flexibility index (Phi) is 10.1. The second kappa shape index (κ2) is 10.0. The minimum Gasteiger partial charge on any atom is -0.366 e. The molecule has 0 atom stereocenters. The number of hydrogen-bond acceptors (Lipinski definition) is 4. The van der Waals surface area contributed by atoms with Gasteiger partial charge in [-0.1, -0.05) is 19.9 Å². The second-order valence-electron chi connectivity index (χ2n) is 4.34. The fourth-order valence-electron chi connectivity index (χ4n) is 1.54. The van der Waals surface area contributed by atoms with Crippen LogP contribution in [-0.4, -0.2) is 60.5 Å². The highest BCUT2D eigenvalue weighted by atomic mass is 28.2. The maximum Gasteiger partial charge on any atom is 0.141 e. The lowest BCUT2D eigenvalue weighted by Crippen LogP contribution is -2.36. The third kappa shape index (κ3) is 7.89.